The number of nitrogens with two attached hydrogens (primary N) is 1. The number of hydrogen-bond donors (Lipinski definition) is 4. The van der Waals surface area contributed by atoms with Crippen LogP contribution in [0, 0.1) is 0 Å². The second-order valence-electron chi connectivity index (χ2n) is 4.04. The van der Waals surface area contributed by atoms with Gasteiger partial charge in [0, 0.05) is 6.04 Å². The normalized spacial score (nSPS) is 25.7. The van der Waals surface area contributed by atoms with Crippen LogP contribution in [0.4, 0.5) is 0 Å². The molecule has 0 aliphatic heterocycles. The molecule has 0 aromatic heterocycles. The van der Waals surface area contributed by atoms with Gasteiger partial charge in [0.05, 0.1) is 6.10 Å². The van der Waals surface area contributed by atoms with Crippen LogP contribution in [0.5, 0.6) is 11.5 Å². The molecule has 1 aliphatic carbocycles. The zero-order valence-electron chi connectivity index (χ0n) is 8.35. The molecular weight excluding hydrogens is 194 g/mol. The number of aryl methyl sites for hydroxylation is 1. The third-order valence-corrected chi connectivity index (χ3v) is 2.94. The third kappa shape index (κ3) is 1.78. The van der Waals surface area contributed by atoms with Crippen molar-refractivity contribution in [3.8, 4) is 11.5 Å². The Labute approximate surface area is 88.0 Å². The zero-order chi connectivity index (χ0) is 11.0. The molecule has 0 bridgehead atoms. The minimum absolute atomic E-state index is 0.142. The Morgan fingerprint density at radius 1 is 1.20 bits per heavy atom. The average Bonchev–Trinajstić information content (AvgIpc) is 2.32. The maximum absolute atomic E-state index is 9.91. The van der Waals surface area contributed by atoms with E-state index in [-0.39, 0.29) is 17.5 Å². The summed E-state index contributed by atoms with van der Waals surface area (Å²) in [5, 5.41) is 28.6. The standard InChI is InChI=1S/C11H15NO3/c12-8-3-1-2-6-4-9(13)10(14)5-7(6)11(8)15/h4-5,8,11,13-15H,1-3,12H2/t8-,11+/m1/s1. The molecule has 4 heteroatoms. The molecular formula is C11H15NO3. The Morgan fingerprint density at radius 2 is 1.87 bits per heavy atom. The Morgan fingerprint density at radius 3 is 2.60 bits per heavy atom. The highest BCUT2D eigenvalue weighted by Crippen LogP contribution is 2.35. The zero-order valence-corrected chi connectivity index (χ0v) is 8.35. The number of aliphatic hydroxyl groups excluding tert-OH is 1. The van der Waals surface area contributed by atoms with Crippen LogP contribution in [0.2, 0.25) is 0 Å². The fourth-order valence-electron chi connectivity index (χ4n) is 2.04. The molecule has 2 rings (SSSR count). The second kappa shape index (κ2) is 3.72. The van der Waals surface area contributed by atoms with Gasteiger partial charge in [0.25, 0.3) is 0 Å². The molecule has 0 unspecified atom stereocenters. The molecule has 0 saturated heterocycles. The van der Waals surface area contributed by atoms with Crippen molar-refractivity contribution in [2.45, 2.75) is 31.4 Å². The van der Waals surface area contributed by atoms with Crippen LogP contribution < -0.4 is 5.73 Å². The lowest BCUT2D eigenvalue weighted by Gasteiger charge is -2.17. The van der Waals surface area contributed by atoms with Crippen LogP contribution in [-0.4, -0.2) is 21.4 Å². The van der Waals surface area contributed by atoms with Crippen LogP contribution in [0.1, 0.15) is 30.1 Å². The van der Waals surface area contributed by atoms with E-state index in [0.717, 1.165) is 24.8 Å². The number of hydrogen-bond acceptors (Lipinski definition) is 4. The summed E-state index contributed by atoms with van der Waals surface area (Å²) >= 11 is 0. The molecule has 15 heavy (non-hydrogen) atoms. The molecule has 0 spiro atoms. The highest BCUT2D eigenvalue weighted by atomic mass is 16.3. The van der Waals surface area contributed by atoms with Gasteiger partial charge in [-0.15, -0.1) is 0 Å². The predicted octanol–water partition coefficient (Wildman–Crippen LogP) is 0.795. The lowest BCUT2D eigenvalue weighted by atomic mass is 9.98. The fourth-order valence-corrected chi connectivity index (χ4v) is 2.04. The molecule has 0 fully saturated rings. The van der Waals surface area contributed by atoms with E-state index in [2.05, 4.69) is 0 Å². The Hall–Kier alpha value is -1.26. The van der Waals surface area contributed by atoms with Gasteiger partial charge >= 0.3 is 0 Å². The van der Waals surface area contributed by atoms with Gasteiger partial charge in [0.1, 0.15) is 0 Å². The van der Waals surface area contributed by atoms with Gasteiger partial charge in [-0.1, -0.05) is 0 Å². The Balaban J connectivity index is 2.49. The number of phenols is 2. The fraction of sp³-hybridized carbons (Fsp3) is 0.455. The first-order chi connectivity index (χ1) is 7.09. The van der Waals surface area contributed by atoms with E-state index in [9.17, 15) is 15.3 Å². The first-order valence-electron chi connectivity index (χ1n) is 5.08. The minimum Gasteiger partial charge on any atom is -0.504 e. The molecule has 0 saturated carbocycles. The summed E-state index contributed by atoms with van der Waals surface area (Å²) < 4.78 is 0. The summed E-state index contributed by atoms with van der Waals surface area (Å²) in [6, 6.07) is 2.61. The average molecular weight is 209 g/mol. The van der Waals surface area contributed by atoms with Crippen molar-refractivity contribution in [3.05, 3.63) is 23.3 Å². The Bertz CT molecular complexity index is 378. The molecule has 1 aliphatic rings. The summed E-state index contributed by atoms with van der Waals surface area (Å²) in [5.41, 5.74) is 7.29. The van der Waals surface area contributed by atoms with Gasteiger partial charge in [-0.3, -0.25) is 0 Å². The van der Waals surface area contributed by atoms with Crippen LogP contribution >= 0.6 is 0 Å². The highest BCUT2D eigenvalue weighted by Gasteiger charge is 2.24. The van der Waals surface area contributed by atoms with Crippen molar-refractivity contribution < 1.29 is 15.3 Å². The molecule has 0 amide bonds. The van der Waals surface area contributed by atoms with Crippen LogP contribution in [0.15, 0.2) is 12.1 Å². The topological polar surface area (TPSA) is 86.7 Å². The maximum atomic E-state index is 9.91. The van der Waals surface area contributed by atoms with Gasteiger partial charge in [0.2, 0.25) is 0 Å². The number of phenolic OH excluding ortho intramolecular Hbond substituents is 2. The molecule has 0 heterocycles. The minimum atomic E-state index is -0.756. The first kappa shape index (κ1) is 10.3. The monoisotopic (exact) mass is 209 g/mol. The Kier molecular flexibility index (Phi) is 2.54. The molecule has 82 valence electrons. The summed E-state index contributed by atoms with van der Waals surface area (Å²) in [7, 11) is 0. The lowest BCUT2D eigenvalue weighted by molar-refractivity contribution is 0.144. The van der Waals surface area contributed by atoms with Gasteiger partial charge in [-0.2, -0.15) is 0 Å². The number of benzene rings is 1. The van der Waals surface area contributed by atoms with E-state index in [1.807, 2.05) is 0 Å². The van der Waals surface area contributed by atoms with Gasteiger partial charge < -0.3 is 21.1 Å². The smallest absolute Gasteiger partial charge is 0.157 e. The first-order valence-corrected chi connectivity index (χ1v) is 5.08. The van der Waals surface area contributed by atoms with Crippen molar-refractivity contribution in [2.24, 2.45) is 5.73 Å². The van der Waals surface area contributed by atoms with E-state index >= 15 is 0 Å². The van der Waals surface area contributed by atoms with E-state index in [1.165, 1.54) is 12.1 Å². The largest absolute Gasteiger partial charge is 0.504 e. The number of aromatic hydroxyl groups is 2. The molecule has 4 nitrogen and oxygen atoms in total. The summed E-state index contributed by atoms with van der Waals surface area (Å²) in [5.74, 6) is -0.349. The highest BCUT2D eigenvalue weighted by molar-refractivity contribution is 5.47. The van der Waals surface area contributed by atoms with E-state index in [4.69, 9.17) is 5.73 Å². The second-order valence-corrected chi connectivity index (χ2v) is 4.04. The van der Waals surface area contributed by atoms with E-state index in [0.29, 0.717) is 5.56 Å². The molecule has 5 N–H and O–H groups in total. The number of aliphatic hydroxyl groups is 1. The van der Waals surface area contributed by atoms with E-state index < -0.39 is 6.10 Å². The predicted molar refractivity (Wildman–Crippen MR) is 55.6 cm³/mol. The molecule has 1 aromatic carbocycles. The summed E-state index contributed by atoms with van der Waals surface area (Å²) in [6.45, 7) is 0. The van der Waals surface area contributed by atoms with Crippen molar-refractivity contribution in [1.29, 1.82) is 0 Å². The van der Waals surface area contributed by atoms with Gasteiger partial charge in [-0.25, -0.2) is 0 Å². The summed E-state index contributed by atoms with van der Waals surface area (Å²) in [4.78, 5) is 0. The quantitative estimate of drug-likeness (QED) is 0.376. The number of fused-ring (bicyclic) bond motifs is 1. The number of rotatable bonds is 0. The van der Waals surface area contributed by atoms with Crippen LogP contribution in [0.25, 0.3) is 0 Å². The van der Waals surface area contributed by atoms with Crippen LogP contribution in [-0.2, 0) is 6.42 Å². The van der Waals surface area contributed by atoms with Crippen molar-refractivity contribution in [2.75, 3.05) is 0 Å². The van der Waals surface area contributed by atoms with Crippen molar-refractivity contribution in [3.63, 3.8) is 0 Å². The van der Waals surface area contributed by atoms with Gasteiger partial charge in [-0.05, 0) is 42.5 Å². The van der Waals surface area contributed by atoms with E-state index in [1.54, 1.807) is 0 Å². The third-order valence-electron chi connectivity index (χ3n) is 2.94. The van der Waals surface area contributed by atoms with Crippen molar-refractivity contribution >= 4 is 0 Å². The van der Waals surface area contributed by atoms with Crippen LogP contribution in [0.3, 0.4) is 0 Å². The maximum Gasteiger partial charge on any atom is 0.157 e. The lowest BCUT2D eigenvalue weighted by Crippen LogP contribution is -2.27. The SMILES string of the molecule is N[C@@H]1CCCc2cc(O)c(O)cc2[C@@H]1O. The molecule has 2 atom stereocenters. The van der Waals surface area contributed by atoms with Crippen molar-refractivity contribution in [1.82, 2.24) is 0 Å². The molecule has 1 aromatic rings. The molecule has 0 radical (unpaired) electrons. The van der Waals surface area contributed by atoms with Gasteiger partial charge in [0.15, 0.2) is 11.5 Å². The summed E-state index contributed by atoms with van der Waals surface area (Å²) in [6.07, 6.45) is 1.65.